The summed E-state index contributed by atoms with van der Waals surface area (Å²) < 4.78 is 5.39. The number of ether oxygens (including phenoxy) is 1. The number of anilines is 1. The van der Waals surface area contributed by atoms with E-state index >= 15 is 0 Å². The lowest BCUT2D eigenvalue weighted by Crippen LogP contribution is -2.40. The summed E-state index contributed by atoms with van der Waals surface area (Å²) in [5.74, 6) is 0.912. The minimum Gasteiger partial charge on any atom is -0.468 e. The monoisotopic (exact) mass is 291 g/mol. The first-order chi connectivity index (χ1) is 10.0. The van der Waals surface area contributed by atoms with E-state index in [1.54, 1.807) is 12.1 Å². The number of amides is 2. The molecule has 1 saturated heterocycles. The third kappa shape index (κ3) is 4.73. The van der Waals surface area contributed by atoms with Gasteiger partial charge in [-0.25, -0.2) is 4.98 Å². The lowest BCUT2D eigenvalue weighted by atomic mass is 9.99. The standard InChI is InChI=1S/C15H21N3O3/c1-11-5-7-18(8-6-11)15(20)10-21-14-4-3-13(9-16-14)17-12(2)19/h3-4,9,11H,5-8,10H2,1-2H3,(H,17,19). The molecule has 0 bridgehead atoms. The number of likely N-dealkylation sites (tertiary alicyclic amines) is 1. The zero-order chi connectivity index (χ0) is 15.2. The van der Waals surface area contributed by atoms with E-state index in [1.165, 1.54) is 13.1 Å². The molecule has 6 heteroatoms. The highest BCUT2D eigenvalue weighted by Gasteiger charge is 2.20. The Morgan fingerprint density at radius 1 is 1.38 bits per heavy atom. The summed E-state index contributed by atoms with van der Waals surface area (Å²) in [7, 11) is 0. The van der Waals surface area contributed by atoms with Gasteiger partial charge in [-0.2, -0.15) is 0 Å². The van der Waals surface area contributed by atoms with Gasteiger partial charge < -0.3 is 15.0 Å². The summed E-state index contributed by atoms with van der Waals surface area (Å²) in [4.78, 5) is 28.8. The molecule has 1 N–H and O–H groups in total. The van der Waals surface area contributed by atoms with Crippen LogP contribution in [0.3, 0.4) is 0 Å². The Balaban J connectivity index is 1.79. The van der Waals surface area contributed by atoms with Gasteiger partial charge in [0, 0.05) is 26.1 Å². The Hall–Kier alpha value is -2.11. The Labute approximate surface area is 124 Å². The van der Waals surface area contributed by atoms with Crippen molar-refractivity contribution in [2.24, 2.45) is 5.92 Å². The van der Waals surface area contributed by atoms with Gasteiger partial charge >= 0.3 is 0 Å². The molecule has 1 fully saturated rings. The summed E-state index contributed by atoms with van der Waals surface area (Å²) >= 11 is 0. The number of hydrogen-bond acceptors (Lipinski definition) is 4. The van der Waals surface area contributed by atoms with Crippen LogP contribution < -0.4 is 10.1 Å². The lowest BCUT2D eigenvalue weighted by molar-refractivity contribution is -0.134. The van der Waals surface area contributed by atoms with Crippen molar-refractivity contribution in [1.29, 1.82) is 0 Å². The fourth-order valence-corrected chi connectivity index (χ4v) is 2.23. The highest BCUT2D eigenvalue weighted by molar-refractivity contribution is 5.88. The van der Waals surface area contributed by atoms with Gasteiger partial charge in [-0.1, -0.05) is 6.92 Å². The van der Waals surface area contributed by atoms with Gasteiger partial charge in [0.1, 0.15) is 0 Å². The number of nitrogens with zero attached hydrogens (tertiary/aromatic N) is 2. The van der Waals surface area contributed by atoms with Crippen LogP contribution in [0.1, 0.15) is 26.7 Å². The van der Waals surface area contributed by atoms with Gasteiger partial charge in [0.25, 0.3) is 5.91 Å². The van der Waals surface area contributed by atoms with Gasteiger partial charge in [-0.05, 0) is 24.8 Å². The average Bonchev–Trinajstić information content (AvgIpc) is 2.46. The molecular weight excluding hydrogens is 270 g/mol. The quantitative estimate of drug-likeness (QED) is 0.916. The van der Waals surface area contributed by atoms with E-state index in [-0.39, 0.29) is 18.4 Å². The molecule has 1 aromatic rings. The van der Waals surface area contributed by atoms with E-state index in [0.29, 0.717) is 17.5 Å². The van der Waals surface area contributed by atoms with Crippen LogP contribution in [0, 0.1) is 5.92 Å². The van der Waals surface area contributed by atoms with Gasteiger partial charge in [-0.3, -0.25) is 9.59 Å². The molecule has 2 rings (SSSR count). The summed E-state index contributed by atoms with van der Waals surface area (Å²) in [6.45, 7) is 5.25. The van der Waals surface area contributed by atoms with E-state index in [4.69, 9.17) is 4.74 Å². The third-order valence-corrected chi connectivity index (χ3v) is 3.54. The van der Waals surface area contributed by atoms with Crippen molar-refractivity contribution < 1.29 is 14.3 Å². The molecule has 0 radical (unpaired) electrons. The normalized spacial score (nSPS) is 15.6. The molecule has 2 heterocycles. The number of pyridine rings is 1. The van der Waals surface area contributed by atoms with E-state index in [2.05, 4.69) is 17.2 Å². The van der Waals surface area contributed by atoms with Gasteiger partial charge in [0.2, 0.25) is 11.8 Å². The van der Waals surface area contributed by atoms with E-state index in [9.17, 15) is 9.59 Å². The Morgan fingerprint density at radius 3 is 2.67 bits per heavy atom. The van der Waals surface area contributed by atoms with Crippen LogP contribution in [0.2, 0.25) is 0 Å². The zero-order valence-corrected chi connectivity index (χ0v) is 12.5. The number of carbonyl (C=O) groups excluding carboxylic acids is 2. The van der Waals surface area contributed by atoms with Crippen molar-refractivity contribution in [2.75, 3.05) is 25.0 Å². The van der Waals surface area contributed by atoms with Crippen molar-refractivity contribution in [3.05, 3.63) is 18.3 Å². The van der Waals surface area contributed by atoms with Crippen LogP contribution in [-0.4, -0.2) is 41.4 Å². The Bertz CT molecular complexity index is 493. The fraction of sp³-hybridized carbons (Fsp3) is 0.533. The largest absolute Gasteiger partial charge is 0.468 e. The highest BCUT2D eigenvalue weighted by Crippen LogP contribution is 2.16. The Morgan fingerprint density at radius 2 is 2.10 bits per heavy atom. The van der Waals surface area contributed by atoms with Crippen LogP contribution in [0.4, 0.5) is 5.69 Å². The molecular formula is C15H21N3O3. The predicted octanol–water partition coefficient (Wildman–Crippen LogP) is 1.68. The van der Waals surface area contributed by atoms with E-state index in [0.717, 1.165) is 25.9 Å². The third-order valence-electron chi connectivity index (χ3n) is 3.54. The molecule has 0 saturated carbocycles. The Kier molecular flexibility index (Phi) is 5.14. The topological polar surface area (TPSA) is 71.5 Å². The predicted molar refractivity (Wildman–Crippen MR) is 79.0 cm³/mol. The summed E-state index contributed by atoms with van der Waals surface area (Å²) in [6, 6.07) is 3.33. The van der Waals surface area contributed by atoms with E-state index < -0.39 is 0 Å². The molecule has 0 aliphatic carbocycles. The van der Waals surface area contributed by atoms with Gasteiger partial charge in [-0.15, -0.1) is 0 Å². The van der Waals surface area contributed by atoms with E-state index in [1.807, 2.05) is 4.90 Å². The minimum absolute atomic E-state index is 0.000858. The number of carbonyl (C=O) groups is 2. The van der Waals surface area contributed by atoms with Crippen LogP contribution >= 0.6 is 0 Å². The second-order valence-corrected chi connectivity index (χ2v) is 5.42. The maximum Gasteiger partial charge on any atom is 0.260 e. The molecule has 0 unspecified atom stereocenters. The molecule has 0 atom stereocenters. The molecule has 114 valence electrons. The molecule has 1 aliphatic rings. The SMILES string of the molecule is CC(=O)Nc1ccc(OCC(=O)N2CCC(C)CC2)nc1. The molecule has 1 aliphatic heterocycles. The smallest absolute Gasteiger partial charge is 0.260 e. The first-order valence-corrected chi connectivity index (χ1v) is 7.19. The van der Waals surface area contributed by atoms with Crippen molar-refractivity contribution in [2.45, 2.75) is 26.7 Å². The highest BCUT2D eigenvalue weighted by atomic mass is 16.5. The summed E-state index contributed by atoms with van der Waals surface area (Å²) in [6.07, 6.45) is 3.61. The zero-order valence-electron chi connectivity index (χ0n) is 12.5. The van der Waals surface area contributed by atoms with Crippen molar-refractivity contribution in [3.8, 4) is 5.88 Å². The first-order valence-electron chi connectivity index (χ1n) is 7.19. The van der Waals surface area contributed by atoms with Crippen molar-refractivity contribution >= 4 is 17.5 Å². The minimum atomic E-state index is -0.153. The molecule has 0 spiro atoms. The number of hydrogen-bond donors (Lipinski definition) is 1. The number of aromatic nitrogens is 1. The summed E-state index contributed by atoms with van der Waals surface area (Å²) in [5.41, 5.74) is 0.603. The maximum absolute atomic E-state index is 12.0. The van der Waals surface area contributed by atoms with Crippen LogP contribution in [0.5, 0.6) is 5.88 Å². The second kappa shape index (κ2) is 7.06. The van der Waals surface area contributed by atoms with Crippen molar-refractivity contribution in [3.63, 3.8) is 0 Å². The van der Waals surface area contributed by atoms with Crippen LogP contribution in [0.25, 0.3) is 0 Å². The molecule has 21 heavy (non-hydrogen) atoms. The first kappa shape index (κ1) is 15.3. The number of rotatable bonds is 4. The average molecular weight is 291 g/mol. The van der Waals surface area contributed by atoms with Crippen LogP contribution in [-0.2, 0) is 9.59 Å². The molecule has 0 aromatic carbocycles. The van der Waals surface area contributed by atoms with Gasteiger partial charge in [0.15, 0.2) is 6.61 Å². The molecule has 6 nitrogen and oxygen atoms in total. The lowest BCUT2D eigenvalue weighted by Gasteiger charge is -2.30. The molecule has 1 aromatic heterocycles. The maximum atomic E-state index is 12.0. The molecule has 2 amide bonds. The number of piperidine rings is 1. The van der Waals surface area contributed by atoms with Crippen molar-refractivity contribution in [1.82, 2.24) is 9.88 Å². The number of nitrogens with one attached hydrogen (secondary N) is 1. The summed E-state index contributed by atoms with van der Waals surface area (Å²) in [5, 5.41) is 2.62. The fourth-order valence-electron chi connectivity index (χ4n) is 2.23. The second-order valence-electron chi connectivity index (χ2n) is 5.42. The van der Waals surface area contributed by atoms with Gasteiger partial charge in [0.05, 0.1) is 11.9 Å². The van der Waals surface area contributed by atoms with Crippen LogP contribution in [0.15, 0.2) is 18.3 Å².